The highest BCUT2D eigenvalue weighted by atomic mass is 35.5. The van der Waals surface area contributed by atoms with Crippen LogP contribution in [0.5, 0.6) is 0 Å². The van der Waals surface area contributed by atoms with Crippen molar-refractivity contribution in [2.24, 2.45) is 0 Å². The van der Waals surface area contributed by atoms with Crippen molar-refractivity contribution in [2.45, 2.75) is 17.9 Å². The molecule has 0 amide bonds. The largest absolute Gasteiger partial charge is 0.459 e. The quantitative estimate of drug-likeness (QED) is 0.612. The van der Waals surface area contributed by atoms with Gasteiger partial charge < -0.3 is 9.15 Å². The number of aromatic nitrogens is 2. The normalized spacial score (nSPS) is 10.6. The van der Waals surface area contributed by atoms with Gasteiger partial charge in [0.25, 0.3) is 5.22 Å². The molecule has 8 heteroatoms. The smallest absolute Gasteiger partial charge is 0.396 e. The van der Waals surface area contributed by atoms with Crippen LogP contribution in [0.2, 0.25) is 10.0 Å². The molecule has 0 N–H and O–H groups in total. The maximum Gasteiger partial charge on any atom is 0.396 e. The van der Waals surface area contributed by atoms with Crippen LogP contribution in [0.4, 0.5) is 0 Å². The van der Waals surface area contributed by atoms with Crippen molar-refractivity contribution in [1.29, 1.82) is 0 Å². The Morgan fingerprint density at radius 1 is 1.35 bits per heavy atom. The number of thioether (sulfide) groups is 1. The highest BCUT2D eigenvalue weighted by molar-refractivity contribution is 7.98. The molecule has 20 heavy (non-hydrogen) atoms. The second-order valence-electron chi connectivity index (χ2n) is 3.63. The van der Waals surface area contributed by atoms with Gasteiger partial charge in [-0.2, -0.15) is 0 Å². The molecule has 1 aromatic carbocycles. The van der Waals surface area contributed by atoms with Crippen molar-refractivity contribution in [3.8, 4) is 0 Å². The van der Waals surface area contributed by atoms with Crippen molar-refractivity contribution >= 4 is 40.9 Å². The third-order valence-corrected chi connectivity index (χ3v) is 3.83. The van der Waals surface area contributed by atoms with Gasteiger partial charge in [-0.1, -0.05) is 46.1 Å². The average molecular weight is 333 g/mol. The minimum absolute atomic E-state index is 0.150. The molecule has 5 nitrogen and oxygen atoms in total. The summed E-state index contributed by atoms with van der Waals surface area (Å²) in [4.78, 5) is 11.4. The Hall–Kier alpha value is -1.24. The monoisotopic (exact) mass is 332 g/mol. The molecule has 0 radical (unpaired) electrons. The molecule has 0 aliphatic rings. The number of hydrogen-bond acceptors (Lipinski definition) is 6. The van der Waals surface area contributed by atoms with Crippen LogP contribution in [0.25, 0.3) is 0 Å². The van der Waals surface area contributed by atoms with Crippen LogP contribution in [-0.4, -0.2) is 22.8 Å². The van der Waals surface area contributed by atoms with Gasteiger partial charge in [-0.3, -0.25) is 0 Å². The lowest BCUT2D eigenvalue weighted by atomic mass is 10.2. The molecule has 0 unspecified atom stereocenters. The van der Waals surface area contributed by atoms with E-state index in [1.165, 1.54) is 11.8 Å². The maximum absolute atomic E-state index is 11.4. The van der Waals surface area contributed by atoms with E-state index in [1.807, 2.05) is 6.07 Å². The lowest BCUT2D eigenvalue weighted by Gasteiger charge is -2.00. The van der Waals surface area contributed by atoms with Crippen LogP contribution in [0, 0.1) is 0 Å². The Bertz CT molecular complexity index is 618. The van der Waals surface area contributed by atoms with Crippen molar-refractivity contribution in [3.05, 3.63) is 39.7 Å². The van der Waals surface area contributed by atoms with Crippen molar-refractivity contribution in [1.82, 2.24) is 10.2 Å². The fraction of sp³-hybridized carbons (Fsp3) is 0.250. The number of halogens is 2. The zero-order valence-electron chi connectivity index (χ0n) is 10.4. The molecule has 0 atom stereocenters. The Kier molecular flexibility index (Phi) is 5.28. The molecule has 0 saturated heterocycles. The minimum Gasteiger partial charge on any atom is -0.459 e. The summed E-state index contributed by atoms with van der Waals surface area (Å²) < 4.78 is 9.94. The van der Waals surface area contributed by atoms with E-state index >= 15 is 0 Å². The van der Waals surface area contributed by atoms with E-state index in [0.29, 0.717) is 21.0 Å². The first-order chi connectivity index (χ1) is 9.60. The second kappa shape index (κ2) is 6.97. The summed E-state index contributed by atoms with van der Waals surface area (Å²) in [6, 6.07) is 5.33. The molecule has 1 aromatic heterocycles. The van der Waals surface area contributed by atoms with Gasteiger partial charge in [-0.15, -0.1) is 5.10 Å². The third kappa shape index (κ3) is 3.88. The van der Waals surface area contributed by atoms with Crippen LogP contribution >= 0.6 is 35.0 Å². The molecule has 1 heterocycles. The summed E-state index contributed by atoms with van der Waals surface area (Å²) in [7, 11) is 0. The number of benzene rings is 1. The molecule has 0 aliphatic heterocycles. The number of ether oxygens (including phenoxy) is 1. The molecule has 0 saturated carbocycles. The molecule has 0 aliphatic carbocycles. The fourth-order valence-electron chi connectivity index (χ4n) is 1.32. The first-order valence-electron chi connectivity index (χ1n) is 5.67. The highest BCUT2D eigenvalue weighted by Gasteiger charge is 2.16. The van der Waals surface area contributed by atoms with Crippen LogP contribution in [0.1, 0.15) is 23.2 Å². The van der Waals surface area contributed by atoms with Gasteiger partial charge in [-0.05, 0) is 24.6 Å². The van der Waals surface area contributed by atoms with E-state index in [9.17, 15) is 4.79 Å². The highest BCUT2D eigenvalue weighted by Crippen LogP contribution is 2.27. The number of rotatable bonds is 5. The van der Waals surface area contributed by atoms with Crippen LogP contribution in [0.15, 0.2) is 27.8 Å². The van der Waals surface area contributed by atoms with Gasteiger partial charge in [0.05, 0.1) is 16.7 Å². The summed E-state index contributed by atoms with van der Waals surface area (Å²) in [6.45, 7) is 1.96. The molecular weight excluding hydrogens is 323 g/mol. The molecule has 2 rings (SSSR count). The molecule has 0 bridgehead atoms. The number of carbonyl (C=O) groups is 1. The third-order valence-electron chi connectivity index (χ3n) is 2.20. The number of hydrogen-bond donors (Lipinski definition) is 0. The summed E-state index contributed by atoms with van der Waals surface area (Å²) in [5.74, 6) is -0.202. The van der Waals surface area contributed by atoms with Crippen LogP contribution in [0.3, 0.4) is 0 Å². The molecule has 2 aromatic rings. The molecule has 0 spiro atoms. The van der Waals surface area contributed by atoms with Crippen LogP contribution in [-0.2, 0) is 10.5 Å². The van der Waals surface area contributed by atoms with Gasteiger partial charge in [-0.25, -0.2) is 4.79 Å². The van der Waals surface area contributed by atoms with Gasteiger partial charge in [0.2, 0.25) is 0 Å². The Morgan fingerprint density at radius 3 is 2.85 bits per heavy atom. The number of esters is 1. The molecule has 0 fully saturated rings. The predicted molar refractivity (Wildman–Crippen MR) is 76.3 cm³/mol. The Balaban J connectivity index is 1.97. The first-order valence-corrected chi connectivity index (χ1v) is 7.41. The SMILES string of the molecule is CCOC(=O)c1nnc(SCc2ccc(Cl)c(Cl)c2)o1. The van der Waals surface area contributed by atoms with E-state index < -0.39 is 5.97 Å². The summed E-state index contributed by atoms with van der Waals surface area (Å²) >= 11 is 13.1. The van der Waals surface area contributed by atoms with E-state index in [-0.39, 0.29) is 12.5 Å². The summed E-state index contributed by atoms with van der Waals surface area (Å²) in [5, 5.41) is 8.66. The fourth-order valence-corrected chi connectivity index (χ4v) is 2.34. The van der Waals surface area contributed by atoms with Gasteiger partial charge in [0.15, 0.2) is 0 Å². The number of carbonyl (C=O) groups excluding carboxylic acids is 1. The van der Waals surface area contributed by atoms with Gasteiger partial charge in [0, 0.05) is 5.75 Å². The molecular formula is C12H10Cl2N2O3S. The lowest BCUT2D eigenvalue weighted by Crippen LogP contribution is -2.04. The lowest BCUT2D eigenvalue weighted by molar-refractivity contribution is 0.0475. The Labute approximate surface area is 129 Å². The topological polar surface area (TPSA) is 65.2 Å². The van der Waals surface area contributed by atoms with Crippen molar-refractivity contribution in [2.75, 3.05) is 6.61 Å². The number of nitrogens with zero attached hydrogens (tertiary/aromatic N) is 2. The first kappa shape index (κ1) is 15.2. The summed E-state index contributed by atoms with van der Waals surface area (Å²) in [5.41, 5.74) is 0.959. The zero-order valence-corrected chi connectivity index (χ0v) is 12.8. The van der Waals surface area contributed by atoms with Crippen molar-refractivity contribution < 1.29 is 13.9 Å². The van der Waals surface area contributed by atoms with E-state index in [1.54, 1.807) is 19.1 Å². The predicted octanol–water partition coefficient (Wildman–Crippen LogP) is 3.85. The van der Waals surface area contributed by atoms with E-state index in [0.717, 1.165) is 5.56 Å². The van der Waals surface area contributed by atoms with E-state index in [2.05, 4.69) is 10.2 Å². The molecule has 106 valence electrons. The maximum atomic E-state index is 11.4. The van der Waals surface area contributed by atoms with E-state index in [4.69, 9.17) is 32.4 Å². The second-order valence-corrected chi connectivity index (χ2v) is 5.37. The van der Waals surface area contributed by atoms with Crippen LogP contribution < -0.4 is 0 Å². The van der Waals surface area contributed by atoms with Crippen molar-refractivity contribution in [3.63, 3.8) is 0 Å². The zero-order chi connectivity index (χ0) is 14.5. The average Bonchev–Trinajstić information content (AvgIpc) is 2.89. The van der Waals surface area contributed by atoms with Gasteiger partial charge in [0.1, 0.15) is 0 Å². The van der Waals surface area contributed by atoms with Gasteiger partial charge >= 0.3 is 11.9 Å². The standard InChI is InChI=1S/C12H10Cl2N2O3S/c1-2-18-11(17)10-15-16-12(19-10)20-6-7-3-4-8(13)9(14)5-7/h3-5H,2,6H2,1H3. The Morgan fingerprint density at radius 2 is 2.15 bits per heavy atom. The minimum atomic E-state index is -0.624. The summed E-state index contributed by atoms with van der Waals surface area (Å²) in [6.07, 6.45) is 0.